The maximum Gasteiger partial charge on any atom is 0.472 e. The van der Waals surface area contributed by atoms with Gasteiger partial charge in [-0.15, -0.1) is 0 Å². The van der Waals surface area contributed by atoms with E-state index in [9.17, 15) is 43.5 Å². The highest BCUT2D eigenvalue weighted by Gasteiger charge is 2.29. The summed E-state index contributed by atoms with van der Waals surface area (Å²) in [5, 5.41) is 20.7. The molecule has 0 spiro atoms. The number of hydrogen-bond donors (Lipinski definition) is 4. The van der Waals surface area contributed by atoms with Gasteiger partial charge in [0.1, 0.15) is 25.4 Å². The average molecular weight is 1650 g/mol. The van der Waals surface area contributed by atoms with Crippen LogP contribution in [0.3, 0.4) is 0 Å². The van der Waals surface area contributed by atoms with Gasteiger partial charge in [-0.3, -0.25) is 32.5 Å². The van der Waals surface area contributed by atoms with Crippen molar-refractivity contribution in [3.8, 4) is 0 Å². The van der Waals surface area contributed by atoms with Gasteiger partial charge in [-0.2, -0.15) is 0 Å². The molecule has 4 N–H and O–H groups in total. The highest BCUT2D eigenvalue weighted by atomic mass is 31.2. The van der Waals surface area contributed by atoms with Crippen LogP contribution in [0.5, 0.6) is 0 Å². The topological polar surface area (TPSA) is 231 Å². The Labute approximate surface area is 700 Å². The summed E-state index contributed by atoms with van der Waals surface area (Å²) in [5.74, 6) is -1.62. The van der Waals surface area contributed by atoms with Gasteiger partial charge in [0.05, 0.1) is 26.4 Å². The van der Waals surface area contributed by atoms with Crippen molar-refractivity contribution in [3.63, 3.8) is 0 Å². The standard InChI is InChI=1S/C97H162O16P2/c1-4-7-10-13-16-19-22-25-28-31-34-37-40-41-42-43-44-45-46-47-48-49-52-54-56-59-62-65-68-71-74-77-80-83-95(100)107-86-92(98)87-109-114(103,104)110-88-93(99)89-111-115(105,106)112-91-94(113-97(102)85-82-79-76-73-70-67-64-61-58-55-51-39-36-33-30-27-24-21-18-15-12-9-6-3)90-108-96(101)84-81-78-75-72-69-66-63-60-57-53-50-38-35-32-29-26-23-20-17-14-11-8-5-2/h7-8,10-11,16-21,25-30,34-39,41-42,53,55,57-58,63,66,92-94,98-99H,4-6,9,12-15,22-24,31-33,40,43-52,54,56,59-62,64-65,67-91H2,1-3H3,(H,103,104)(H,105,106)/b10-7-,11-8-,19-16-,20-17-,21-18-,28-25-,29-26-,30-27-,37-34-,38-35-,39-36-,42-41-,57-53-,58-55-,66-63-. The zero-order valence-electron chi connectivity index (χ0n) is 72.1. The summed E-state index contributed by atoms with van der Waals surface area (Å²) in [4.78, 5) is 58.9. The molecular formula is C97H162O16P2. The number of carbonyl (C=O) groups excluding carboxylic acids is 3. The fraction of sp³-hybridized carbons (Fsp3) is 0.660. The van der Waals surface area contributed by atoms with Crippen molar-refractivity contribution in [1.82, 2.24) is 0 Å². The second kappa shape index (κ2) is 87.9. The quantitative estimate of drug-likeness (QED) is 0.0146. The van der Waals surface area contributed by atoms with E-state index in [0.29, 0.717) is 19.3 Å². The van der Waals surface area contributed by atoms with Crippen molar-refractivity contribution < 1.29 is 75.8 Å². The van der Waals surface area contributed by atoms with Crippen molar-refractivity contribution in [2.45, 2.75) is 373 Å². The van der Waals surface area contributed by atoms with Gasteiger partial charge >= 0.3 is 33.6 Å². The van der Waals surface area contributed by atoms with Crippen LogP contribution < -0.4 is 0 Å². The van der Waals surface area contributed by atoms with Gasteiger partial charge in [-0.1, -0.05) is 357 Å². The van der Waals surface area contributed by atoms with E-state index >= 15 is 0 Å². The fourth-order valence-corrected chi connectivity index (χ4v) is 13.4. The van der Waals surface area contributed by atoms with Gasteiger partial charge in [0.15, 0.2) is 6.10 Å². The van der Waals surface area contributed by atoms with Crippen LogP contribution in [-0.2, 0) is 55.8 Å². The normalized spacial score (nSPS) is 14.7. The predicted octanol–water partition coefficient (Wildman–Crippen LogP) is 27.7. The van der Waals surface area contributed by atoms with Gasteiger partial charge < -0.3 is 34.2 Å². The Morgan fingerprint density at radius 3 is 0.730 bits per heavy atom. The summed E-state index contributed by atoms with van der Waals surface area (Å²) in [5.41, 5.74) is 0. The molecule has 656 valence electrons. The number of ether oxygens (including phenoxy) is 3. The van der Waals surface area contributed by atoms with Crippen LogP contribution in [0.2, 0.25) is 0 Å². The molecular weight excluding hydrogens is 1480 g/mol. The van der Waals surface area contributed by atoms with Gasteiger partial charge in [-0.05, 0) is 161 Å². The van der Waals surface area contributed by atoms with E-state index in [0.717, 1.165) is 180 Å². The first-order valence-corrected chi connectivity index (χ1v) is 48.1. The number of unbranched alkanes of at least 4 members (excludes halogenated alkanes) is 31. The largest absolute Gasteiger partial charge is 0.472 e. The molecule has 0 saturated carbocycles. The van der Waals surface area contributed by atoms with Crippen LogP contribution in [0.15, 0.2) is 182 Å². The molecule has 16 nitrogen and oxygen atoms in total. The minimum Gasteiger partial charge on any atom is -0.463 e. The molecule has 0 aliphatic rings. The molecule has 0 aromatic rings. The first-order valence-electron chi connectivity index (χ1n) is 45.1. The van der Waals surface area contributed by atoms with Crippen LogP contribution in [0.25, 0.3) is 0 Å². The van der Waals surface area contributed by atoms with Gasteiger partial charge in [0.25, 0.3) is 0 Å². The molecule has 0 amide bonds. The Bertz CT molecular complexity index is 2820. The first-order chi connectivity index (χ1) is 56.2. The molecule has 5 atom stereocenters. The van der Waals surface area contributed by atoms with E-state index in [1.807, 2.05) is 0 Å². The second-order valence-electron chi connectivity index (χ2n) is 29.6. The number of hydrogen-bond acceptors (Lipinski definition) is 14. The maximum absolute atomic E-state index is 13.1. The van der Waals surface area contributed by atoms with Crippen molar-refractivity contribution in [2.75, 3.05) is 39.6 Å². The highest BCUT2D eigenvalue weighted by Crippen LogP contribution is 2.45. The number of carbonyl (C=O) groups is 3. The molecule has 0 aromatic carbocycles. The van der Waals surface area contributed by atoms with Crippen LogP contribution in [0.1, 0.15) is 355 Å². The van der Waals surface area contributed by atoms with Crippen molar-refractivity contribution in [1.29, 1.82) is 0 Å². The number of phosphoric ester groups is 2. The summed E-state index contributed by atoms with van der Waals surface area (Å²) in [6, 6.07) is 0. The van der Waals surface area contributed by atoms with Crippen molar-refractivity contribution in [2.24, 2.45) is 0 Å². The van der Waals surface area contributed by atoms with Crippen LogP contribution in [0, 0.1) is 0 Å². The molecule has 0 saturated heterocycles. The lowest BCUT2D eigenvalue weighted by molar-refractivity contribution is -0.161. The highest BCUT2D eigenvalue weighted by molar-refractivity contribution is 7.47. The van der Waals surface area contributed by atoms with E-state index in [1.165, 1.54) is 116 Å². The third-order valence-electron chi connectivity index (χ3n) is 18.6. The van der Waals surface area contributed by atoms with Crippen molar-refractivity contribution >= 4 is 33.6 Å². The first kappa shape index (κ1) is 110. The average Bonchev–Trinajstić information content (AvgIpc) is 1.07. The summed E-state index contributed by atoms with van der Waals surface area (Å²) >= 11 is 0. The minimum atomic E-state index is -4.95. The van der Waals surface area contributed by atoms with E-state index in [4.69, 9.17) is 32.3 Å². The van der Waals surface area contributed by atoms with E-state index < -0.39 is 91.5 Å². The molecule has 0 bridgehead atoms. The Kier molecular flexibility index (Phi) is 83.9. The smallest absolute Gasteiger partial charge is 0.463 e. The zero-order valence-corrected chi connectivity index (χ0v) is 73.9. The molecule has 0 radical (unpaired) electrons. The Balaban J connectivity index is 4.61. The van der Waals surface area contributed by atoms with Gasteiger partial charge in [0.2, 0.25) is 0 Å². The number of aliphatic hydroxyl groups excluding tert-OH is 2. The summed E-state index contributed by atoms with van der Waals surface area (Å²) in [7, 11) is -9.83. The van der Waals surface area contributed by atoms with E-state index in [1.54, 1.807) is 0 Å². The lowest BCUT2D eigenvalue weighted by Crippen LogP contribution is -2.30. The number of esters is 3. The SMILES string of the molecule is CC/C=C\C/C=C\C/C=C\C/C=C\C/C=C\C/C=C\CCCCCCC(=O)OCC(COP(=O)(O)OCC(O)COP(=O)(O)OCC(O)COC(=O)CCCCCCCCCCCCCCCCCCC/C=C\C/C=C\C/C=C\C/C=C\C/C=C\CC)OC(=O)CCCCCCCCC/C=C\C/C=C\C/C=C\C/C=C\CCCCC. The zero-order chi connectivity index (χ0) is 83.6. The molecule has 18 heteroatoms. The molecule has 0 fully saturated rings. The van der Waals surface area contributed by atoms with E-state index in [2.05, 4.69) is 203 Å². The summed E-state index contributed by atoms with van der Waals surface area (Å²) < 4.78 is 61.4. The second-order valence-corrected chi connectivity index (χ2v) is 32.5. The third kappa shape index (κ3) is 89.3. The molecule has 0 aromatic heterocycles. The number of allylic oxidation sites excluding steroid dienone is 30. The van der Waals surface area contributed by atoms with Crippen LogP contribution >= 0.6 is 15.6 Å². The number of phosphoric acid groups is 2. The number of aliphatic hydroxyl groups is 2. The predicted molar refractivity (Wildman–Crippen MR) is 481 cm³/mol. The van der Waals surface area contributed by atoms with Gasteiger partial charge in [-0.25, -0.2) is 9.13 Å². The molecule has 0 heterocycles. The van der Waals surface area contributed by atoms with Crippen LogP contribution in [0.4, 0.5) is 0 Å². The van der Waals surface area contributed by atoms with Crippen LogP contribution in [-0.4, -0.2) is 95.9 Å². The lowest BCUT2D eigenvalue weighted by atomic mass is 10.0. The Hall–Kier alpha value is -5.35. The minimum absolute atomic E-state index is 0.0801. The molecule has 115 heavy (non-hydrogen) atoms. The van der Waals surface area contributed by atoms with Gasteiger partial charge in [0, 0.05) is 19.3 Å². The maximum atomic E-state index is 13.1. The third-order valence-corrected chi connectivity index (χ3v) is 20.5. The monoisotopic (exact) mass is 1650 g/mol. The molecule has 0 rings (SSSR count). The summed E-state index contributed by atoms with van der Waals surface area (Å²) in [6.45, 7) is 2.41. The fourth-order valence-electron chi connectivity index (χ4n) is 11.8. The lowest BCUT2D eigenvalue weighted by Gasteiger charge is -2.21. The van der Waals surface area contributed by atoms with Crippen molar-refractivity contribution in [3.05, 3.63) is 182 Å². The Morgan fingerprint density at radius 1 is 0.252 bits per heavy atom. The molecule has 0 aliphatic carbocycles. The van der Waals surface area contributed by atoms with E-state index in [-0.39, 0.29) is 19.3 Å². The molecule has 0 aliphatic heterocycles. The molecule has 5 unspecified atom stereocenters. The summed E-state index contributed by atoms with van der Waals surface area (Å²) in [6.07, 6.45) is 115. The number of rotatable bonds is 84. The Morgan fingerprint density at radius 2 is 0.461 bits per heavy atom.